The zero-order chi connectivity index (χ0) is 22.2. The normalized spacial score (nSPS) is 18.1. The van der Waals surface area contributed by atoms with E-state index in [0.717, 1.165) is 11.4 Å². The molecule has 5 rings (SSSR count). The van der Waals surface area contributed by atoms with Crippen molar-refractivity contribution < 1.29 is 0 Å². The van der Waals surface area contributed by atoms with E-state index in [4.69, 9.17) is 12.2 Å². The van der Waals surface area contributed by atoms with Gasteiger partial charge in [0.2, 0.25) is 0 Å². The summed E-state index contributed by atoms with van der Waals surface area (Å²) >= 11 is 5.90. The van der Waals surface area contributed by atoms with Gasteiger partial charge in [0.15, 0.2) is 5.11 Å². The standard InChI is InChI=1S/C27H26N4S/c1-18-15-19(2)17-21(16-18)31-26(25(29-27(31)32)22-10-6-7-13-28-22)24-12-8-14-30(24)23-11-5-4-9-20(23)3/h4-17,25-26H,1-3H3,(H,29,32)/t25-,26+/m0/s1. The SMILES string of the molecule is Cc1cc(C)cc(N2C(=S)N[C@@H](c3ccccn3)[C@H]2c2cccn2-c2ccccc2C)c1. The van der Waals surface area contributed by atoms with Crippen LogP contribution < -0.4 is 10.2 Å². The van der Waals surface area contributed by atoms with E-state index in [0.29, 0.717) is 5.11 Å². The summed E-state index contributed by atoms with van der Waals surface area (Å²) in [5, 5.41) is 4.29. The molecule has 0 aliphatic carbocycles. The van der Waals surface area contributed by atoms with E-state index in [2.05, 4.69) is 107 Å². The number of hydrogen-bond acceptors (Lipinski definition) is 2. The van der Waals surface area contributed by atoms with Crippen LogP contribution in [0.4, 0.5) is 5.69 Å². The fraction of sp³-hybridized carbons (Fsp3) is 0.185. The van der Waals surface area contributed by atoms with Gasteiger partial charge in [-0.05, 0) is 92.1 Å². The zero-order valence-electron chi connectivity index (χ0n) is 18.5. The van der Waals surface area contributed by atoms with Crippen molar-refractivity contribution in [2.75, 3.05) is 4.90 Å². The van der Waals surface area contributed by atoms with Gasteiger partial charge in [-0.3, -0.25) is 4.98 Å². The second-order valence-corrected chi connectivity index (χ2v) is 8.82. The van der Waals surface area contributed by atoms with Crippen LogP contribution in [0.15, 0.2) is 85.2 Å². The fourth-order valence-electron chi connectivity index (χ4n) is 4.71. The topological polar surface area (TPSA) is 33.1 Å². The molecular weight excluding hydrogens is 412 g/mol. The third-order valence-electron chi connectivity index (χ3n) is 6.04. The Bertz CT molecular complexity index is 1260. The van der Waals surface area contributed by atoms with Gasteiger partial charge in [-0.1, -0.05) is 30.3 Å². The summed E-state index contributed by atoms with van der Waals surface area (Å²) in [6.07, 6.45) is 3.98. The van der Waals surface area contributed by atoms with Gasteiger partial charge in [0.25, 0.3) is 0 Å². The lowest BCUT2D eigenvalue weighted by Crippen LogP contribution is -2.30. The molecule has 5 heteroatoms. The molecule has 1 aliphatic heterocycles. The van der Waals surface area contributed by atoms with E-state index in [1.54, 1.807) is 0 Å². The van der Waals surface area contributed by atoms with E-state index < -0.39 is 0 Å². The van der Waals surface area contributed by atoms with Gasteiger partial charge in [-0.25, -0.2) is 0 Å². The first-order valence-electron chi connectivity index (χ1n) is 10.8. The predicted molar refractivity (Wildman–Crippen MR) is 134 cm³/mol. The molecule has 1 fully saturated rings. The molecule has 2 aromatic heterocycles. The maximum Gasteiger partial charge on any atom is 0.174 e. The molecule has 32 heavy (non-hydrogen) atoms. The Morgan fingerprint density at radius 1 is 0.875 bits per heavy atom. The van der Waals surface area contributed by atoms with Crippen LogP contribution in [-0.2, 0) is 0 Å². The molecular formula is C27H26N4S. The molecule has 0 bridgehead atoms. The Balaban J connectivity index is 1.70. The summed E-state index contributed by atoms with van der Waals surface area (Å²) in [6.45, 7) is 6.41. The Hall–Kier alpha value is -3.44. The molecule has 0 amide bonds. The van der Waals surface area contributed by atoms with Crippen LogP contribution in [-0.4, -0.2) is 14.7 Å². The maximum atomic E-state index is 5.90. The molecule has 0 radical (unpaired) electrons. The zero-order valence-corrected chi connectivity index (χ0v) is 19.3. The third-order valence-corrected chi connectivity index (χ3v) is 6.36. The van der Waals surface area contributed by atoms with E-state index >= 15 is 0 Å². The van der Waals surface area contributed by atoms with Crippen molar-refractivity contribution in [3.8, 4) is 5.69 Å². The Morgan fingerprint density at radius 2 is 1.62 bits per heavy atom. The number of nitrogens with zero attached hydrogens (tertiary/aromatic N) is 3. The third kappa shape index (κ3) is 3.59. The van der Waals surface area contributed by atoms with Gasteiger partial charge in [-0.15, -0.1) is 0 Å². The first kappa shape index (κ1) is 20.5. The van der Waals surface area contributed by atoms with Crippen molar-refractivity contribution in [2.45, 2.75) is 32.9 Å². The van der Waals surface area contributed by atoms with Crippen molar-refractivity contribution in [1.29, 1.82) is 0 Å². The molecule has 0 saturated carbocycles. The van der Waals surface area contributed by atoms with Crippen molar-refractivity contribution in [1.82, 2.24) is 14.9 Å². The largest absolute Gasteiger partial charge is 0.351 e. The maximum absolute atomic E-state index is 5.90. The molecule has 4 nitrogen and oxygen atoms in total. The lowest BCUT2D eigenvalue weighted by atomic mass is 10.00. The van der Waals surface area contributed by atoms with Crippen LogP contribution in [0.5, 0.6) is 0 Å². The smallest absolute Gasteiger partial charge is 0.174 e. The Morgan fingerprint density at radius 3 is 2.34 bits per heavy atom. The monoisotopic (exact) mass is 438 g/mol. The number of aromatic nitrogens is 2. The minimum absolute atomic E-state index is 0.0480. The summed E-state index contributed by atoms with van der Waals surface area (Å²) in [5.74, 6) is 0. The Labute approximate surface area is 194 Å². The average Bonchev–Trinajstić information content (AvgIpc) is 3.38. The first-order chi connectivity index (χ1) is 15.5. The number of anilines is 1. The molecule has 1 saturated heterocycles. The summed E-state index contributed by atoms with van der Waals surface area (Å²) in [7, 11) is 0. The van der Waals surface area contributed by atoms with Gasteiger partial charge in [0, 0.05) is 29.5 Å². The number of thiocarbonyl (C=S) groups is 1. The number of para-hydroxylation sites is 1. The van der Waals surface area contributed by atoms with E-state index in [1.165, 1.54) is 28.1 Å². The highest BCUT2D eigenvalue weighted by molar-refractivity contribution is 7.80. The molecule has 1 aliphatic rings. The quantitative estimate of drug-likeness (QED) is 0.398. The van der Waals surface area contributed by atoms with Crippen molar-refractivity contribution in [2.24, 2.45) is 0 Å². The van der Waals surface area contributed by atoms with Crippen LogP contribution in [0.3, 0.4) is 0 Å². The summed E-state index contributed by atoms with van der Waals surface area (Å²) < 4.78 is 2.28. The van der Waals surface area contributed by atoms with Crippen LogP contribution in [0.25, 0.3) is 5.69 Å². The van der Waals surface area contributed by atoms with Gasteiger partial charge in [0.05, 0.1) is 11.7 Å². The van der Waals surface area contributed by atoms with Crippen molar-refractivity contribution in [3.05, 3.63) is 113 Å². The number of pyridine rings is 1. The minimum Gasteiger partial charge on any atom is -0.351 e. The fourth-order valence-corrected chi connectivity index (χ4v) is 5.06. The van der Waals surface area contributed by atoms with Gasteiger partial charge < -0.3 is 14.8 Å². The molecule has 2 atom stereocenters. The minimum atomic E-state index is -0.0674. The molecule has 0 unspecified atom stereocenters. The molecule has 0 spiro atoms. The highest BCUT2D eigenvalue weighted by atomic mass is 32.1. The lowest BCUT2D eigenvalue weighted by Gasteiger charge is -2.29. The summed E-state index contributed by atoms with van der Waals surface area (Å²) in [6, 6.07) is 25.3. The number of aryl methyl sites for hydroxylation is 3. The van der Waals surface area contributed by atoms with E-state index in [-0.39, 0.29) is 12.1 Å². The second-order valence-electron chi connectivity index (χ2n) is 8.43. The van der Waals surface area contributed by atoms with Crippen LogP contribution in [0.1, 0.15) is 40.2 Å². The number of nitrogens with one attached hydrogen (secondary N) is 1. The molecule has 160 valence electrons. The highest BCUT2D eigenvalue weighted by Gasteiger charge is 2.42. The highest BCUT2D eigenvalue weighted by Crippen LogP contribution is 2.42. The predicted octanol–water partition coefficient (Wildman–Crippen LogP) is 5.97. The van der Waals surface area contributed by atoms with Crippen LogP contribution in [0.2, 0.25) is 0 Å². The van der Waals surface area contributed by atoms with E-state index in [1.807, 2.05) is 18.3 Å². The van der Waals surface area contributed by atoms with Gasteiger partial charge in [-0.2, -0.15) is 0 Å². The van der Waals surface area contributed by atoms with Crippen molar-refractivity contribution >= 4 is 23.0 Å². The molecule has 3 heterocycles. The van der Waals surface area contributed by atoms with Crippen LogP contribution >= 0.6 is 12.2 Å². The van der Waals surface area contributed by atoms with Crippen molar-refractivity contribution in [3.63, 3.8) is 0 Å². The van der Waals surface area contributed by atoms with Gasteiger partial charge >= 0.3 is 0 Å². The number of hydrogen-bond donors (Lipinski definition) is 1. The number of rotatable bonds is 4. The average molecular weight is 439 g/mol. The second kappa shape index (κ2) is 8.24. The first-order valence-corrected chi connectivity index (χ1v) is 11.3. The summed E-state index contributed by atoms with van der Waals surface area (Å²) in [4.78, 5) is 6.93. The van der Waals surface area contributed by atoms with Gasteiger partial charge in [0.1, 0.15) is 6.04 Å². The number of benzene rings is 2. The molecule has 4 aromatic rings. The molecule has 2 aromatic carbocycles. The van der Waals surface area contributed by atoms with Crippen LogP contribution in [0, 0.1) is 20.8 Å². The summed E-state index contributed by atoms with van der Waals surface area (Å²) in [5.41, 5.74) is 8.08. The molecule has 1 N–H and O–H groups in total. The van der Waals surface area contributed by atoms with E-state index in [9.17, 15) is 0 Å². The lowest BCUT2D eigenvalue weighted by molar-refractivity contribution is 0.549. The Kier molecular flexibility index (Phi) is 5.27.